The van der Waals surface area contributed by atoms with Gasteiger partial charge in [-0.15, -0.1) is 0 Å². The first kappa shape index (κ1) is 16.3. The summed E-state index contributed by atoms with van der Waals surface area (Å²) in [6.07, 6.45) is 0.760. The molecule has 4 heteroatoms. The van der Waals surface area contributed by atoms with Crippen molar-refractivity contribution < 1.29 is 9.90 Å². The third-order valence-corrected chi connectivity index (χ3v) is 4.35. The Kier molecular flexibility index (Phi) is 4.67. The second-order valence-electron chi connectivity index (χ2n) is 6.15. The summed E-state index contributed by atoms with van der Waals surface area (Å²) in [7, 11) is 0. The number of fused-ring (bicyclic) bond motifs is 1. The van der Waals surface area contributed by atoms with E-state index in [9.17, 15) is 4.79 Å². The van der Waals surface area contributed by atoms with E-state index in [4.69, 9.17) is 5.11 Å². The Morgan fingerprint density at radius 1 is 1.08 bits per heavy atom. The molecule has 0 radical (unpaired) electrons. The Balaban J connectivity index is 1.65. The molecule has 0 atom stereocenters. The van der Waals surface area contributed by atoms with Crippen LogP contribution >= 0.6 is 0 Å². The Bertz CT molecular complexity index is 863. The van der Waals surface area contributed by atoms with Crippen LogP contribution in [0, 0.1) is 13.8 Å². The number of amides is 1. The van der Waals surface area contributed by atoms with Crippen molar-refractivity contribution in [1.82, 2.24) is 10.3 Å². The van der Waals surface area contributed by atoms with Crippen molar-refractivity contribution in [2.75, 3.05) is 6.54 Å². The molecule has 4 nitrogen and oxygen atoms in total. The fourth-order valence-electron chi connectivity index (χ4n) is 2.89. The van der Waals surface area contributed by atoms with E-state index < -0.39 is 0 Å². The van der Waals surface area contributed by atoms with Crippen molar-refractivity contribution >= 4 is 16.8 Å². The zero-order valence-electron chi connectivity index (χ0n) is 14.0. The summed E-state index contributed by atoms with van der Waals surface area (Å²) >= 11 is 0. The zero-order valence-corrected chi connectivity index (χ0v) is 14.0. The fourth-order valence-corrected chi connectivity index (χ4v) is 2.89. The first-order valence-electron chi connectivity index (χ1n) is 8.14. The van der Waals surface area contributed by atoms with Gasteiger partial charge >= 0.3 is 0 Å². The molecule has 1 aromatic heterocycles. The van der Waals surface area contributed by atoms with Crippen molar-refractivity contribution in [3.8, 4) is 0 Å². The lowest BCUT2D eigenvalue weighted by Crippen LogP contribution is -2.26. The van der Waals surface area contributed by atoms with Gasteiger partial charge in [0.25, 0.3) is 5.91 Å². The molecule has 2 aromatic carbocycles. The molecule has 0 unspecified atom stereocenters. The molecule has 0 saturated heterocycles. The molecule has 124 valence electrons. The van der Waals surface area contributed by atoms with E-state index in [-0.39, 0.29) is 12.5 Å². The highest BCUT2D eigenvalue weighted by atomic mass is 16.3. The van der Waals surface area contributed by atoms with Gasteiger partial charge in [-0.25, -0.2) is 0 Å². The summed E-state index contributed by atoms with van der Waals surface area (Å²) in [6, 6.07) is 13.9. The number of hydrogen-bond donors (Lipinski definition) is 3. The van der Waals surface area contributed by atoms with E-state index in [0.29, 0.717) is 12.2 Å². The second kappa shape index (κ2) is 6.89. The number of rotatable bonds is 5. The molecule has 0 fully saturated rings. The zero-order chi connectivity index (χ0) is 17.1. The summed E-state index contributed by atoms with van der Waals surface area (Å²) < 4.78 is 0. The Labute approximate surface area is 141 Å². The Morgan fingerprint density at radius 2 is 1.79 bits per heavy atom. The number of carbonyl (C=O) groups excluding carboxylic acids is 1. The number of aromatic nitrogens is 1. The maximum absolute atomic E-state index is 12.4. The standard InChI is InChI=1S/C20H22N2O2/c1-13-3-8-18-17(11-13)14(2)19(22-18)20(24)21-10-9-15-4-6-16(12-23)7-5-15/h3-8,11,22-23H,9-10,12H2,1-2H3,(H,21,24). The number of benzene rings is 2. The number of carbonyl (C=O) groups is 1. The predicted molar refractivity (Wildman–Crippen MR) is 96.2 cm³/mol. The van der Waals surface area contributed by atoms with Crippen molar-refractivity contribution in [1.29, 1.82) is 0 Å². The lowest BCUT2D eigenvalue weighted by molar-refractivity contribution is 0.0949. The largest absolute Gasteiger partial charge is 0.392 e. The van der Waals surface area contributed by atoms with Gasteiger partial charge in [0.1, 0.15) is 5.69 Å². The minimum absolute atomic E-state index is 0.0517. The van der Waals surface area contributed by atoms with Crippen molar-refractivity contribution in [2.24, 2.45) is 0 Å². The first-order valence-corrected chi connectivity index (χ1v) is 8.14. The van der Waals surface area contributed by atoms with Gasteiger partial charge in [0.15, 0.2) is 0 Å². The number of aliphatic hydroxyl groups is 1. The number of aromatic amines is 1. The van der Waals surface area contributed by atoms with E-state index in [0.717, 1.165) is 34.0 Å². The third kappa shape index (κ3) is 3.34. The number of nitrogens with one attached hydrogen (secondary N) is 2. The van der Waals surface area contributed by atoms with Gasteiger partial charge in [0.05, 0.1) is 6.61 Å². The van der Waals surface area contributed by atoms with E-state index in [1.807, 2.05) is 50.2 Å². The Morgan fingerprint density at radius 3 is 2.50 bits per heavy atom. The van der Waals surface area contributed by atoms with Gasteiger partial charge in [-0.3, -0.25) is 4.79 Å². The van der Waals surface area contributed by atoms with Crippen LogP contribution in [0.5, 0.6) is 0 Å². The number of hydrogen-bond acceptors (Lipinski definition) is 2. The van der Waals surface area contributed by atoms with Crippen LogP contribution in [0.2, 0.25) is 0 Å². The minimum atomic E-state index is -0.0756. The normalized spacial score (nSPS) is 11.0. The van der Waals surface area contributed by atoms with Crippen molar-refractivity contribution in [3.63, 3.8) is 0 Å². The molecule has 1 heterocycles. The molecule has 0 saturated carbocycles. The smallest absolute Gasteiger partial charge is 0.268 e. The molecule has 1 amide bonds. The summed E-state index contributed by atoms with van der Waals surface area (Å²) in [5.74, 6) is -0.0756. The lowest BCUT2D eigenvalue weighted by atomic mass is 10.1. The number of aliphatic hydroxyl groups excluding tert-OH is 1. The molecule has 24 heavy (non-hydrogen) atoms. The summed E-state index contributed by atoms with van der Waals surface area (Å²) in [5, 5.41) is 13.1. The van der Waals surface area contributed by atoms with Gasteiger partial charge in [-0.05, 0) is 49.1 Å². The average Bonchev–Trinajstić information content (AvgIpc) is 2.92. The Hall–Kier alpha value is -2.59. The van der Waals surface area contributed by atoms with Gasteiger partial charge in [-0.2, -0.15) is 0 Å². The summed E-state index contributed by atoms with van der Waals surface area (Å²) in [6.45, 7) is 4.65. The van der Waals surface area contributed by atoms with E-state index in [2.05, 4.69) is 16.4 Å². The molecule has 0 aliphatic carbocycles. The maximum atomic E-state index is 12.4. The van der Waals surface area contributed by atoms with Crippen LogP contribution in [0.15, 0.2) is 42.5 Å². The van der Waals surface area contributed by atoms with Gasteiger partial charge < -0.3 is 15.4 Å². The quantitative estimate of drug-likeness (QED) is 0.675. The molecular formula is C20H22N2O2. The number of aryl methyl sites for hydroxylation is 2. The monoisotopic (exact) mass is 322 g/mol. The molecular weight excluding hydrogens is 300 g/mol. The highest BCUT2D eigenvalue weighted by Gasteiger charge is 2.14. The predicted octanol–water partition coefficient (Wildman–Crippen LogP) is 3.25. The fraction of sp³-hybridized carbons (Fsp3) is 0.250. The summed E-state index contributed by atoms with van der Waals surface area (Å²) in [5.41, 5.74) is 5.82. The van der Waals surface area contributed by atoms with E-state index in [1.165, 1.54) is 5.56 Å². The van der Waals surface area contributed by atoms with Crippen LogP contribution in [-0.4, -0.2) is 22.5 Å². The summed E-state index contributed by atoms with van der Waals surface area (Å²) in [4.78, 5) is 15.7. The van der Waals surface area contributed by atoms with Crippen LogP contribution in [-0.2, 0) is 13.0 Å². The average molecular weight is 322 g/mol. The van der Waals surface area contributed by atoms with E-state index >= 15 is 0 Å². The maximum Gasteiger partial charge on any atom is 0.268 e. The van der Waals surface area contributed by atoms with Crippen LogP contribution in [0.3, 0.4) is 0 Å². The van der Waals surface area contributed by atoms with Gasteiger partial charge in [-0.1, -0.05) is 35.9 Å². The topological polar surface area (TPSA) is 65.1 Å². The van der Waals surface area contributed by atoms with Crippen LogP contribution in [0.25, 0.3) is 10.9 Å². The molecule has 0 aliphatic heterocycles. The SMILES string of the molecule is Cc1ccc2[nH]c(C(=O)NCCc3ccc(CO)cc3)c(C)c2c1. The van der Waals surface area contributed by atoms with Crippen molar-refractivity contribution in [2.45, 2.75) is 26.9 Å². The van der Waals surface area contributed by atoms with Crippen molar-refractivity contribution in [3.05, 3.63) is 70.4 Å². The van der Waals surface area contributed by atoms with E-state index in [1.54, 1.807) is 0 Å². The molecule has 0 spiro atoms. The molecule has 3 aromatic rings. The van der Waals surface area contributed by atoms with Gasteiger partial charge in [0.2, 0.25) is 0 Å². The highest BCUT2D eigenvalue weighted by Crippen LogP contribution is 2.22. The number of H-pyrrole nitrogens is 1. The third-order valence-electron chi connectivity index (χ3n) is 4.35. The van der Waals surface area contributed by atoms with Crippen LogP contribution in [0.4, 0.5) is 0 Å². The minimum Gasteiger partial charge on any atom is -0.392 e. The lowest BCUT2D eigenvalue weighted by Gasteiger charge is -2.06. The molecule has 0 aliphatic rings. The van der Waals surface area contributed by atoms with Crippen LogP contribution in [0.1, 0.15) is 32.7 Å². The highest BCUT2D eigenvalue weighted by molar-refractivity contribution is 6.01. The second-order valence-corrected chi connectivity index (χ2v) is 6.15. The first-order chi connectivity index (χ1) is 11.6. The molecule has 3 N–H and O–H groups in total. The molecule has 3 rings (SSSR count). The van der Waals surface area contributed by atoms with Crippen LogP contribution < -0.4 is 5.32 Å². The molecule has 0 bridgehead atoms. The van der Waals surface area contributed by atoms with Gasteiger partial charge in [0, 0.05) is 17.4 Å².